The minimum Gasteiger partial charge on any atom is -0.476 e. The molecule has 0 saturated heterocycles. The lowest BCUT2D eigenvalue weighted by atomic mass is 10.1. The molecule has 166 valence electrons. The predicted molar refractivity (Wildman–Crippen MR) is 120 cm³/mol. The Morgan fingerprint density at radius 3 is 2.47 bits per heavy atom. The maximum atomic E-state index is 13.4. The number of fused-ring (bicyclic) bond motifs is 1. The van der Waals surface area contributed by atoms with Crippen molar-refractivity contribution in [2.75, 3.05) is 17.4 Å². The number of para-hydroxylation sites is 2. The molecule has 1 heterocycles. The molecule has 1 unspecified atom stereocenters. The summed E-state index contributed by atoms with van der Waals surface area (Å²) in [5, 5.41) is 2.79. The van der Waals surface area contributed by atoms with Crippen molar-refractivity contribution in [2.24, 2.45) is 0 Å². The highest BCUT2D eigenvalue weighted by Crippen LogP contribution is 2.36. The number of halogens is 1. The number of aryl methyl sites for hydroxylation is 1. The molecule has 4 rings (SSSR count). The van der Waals surface area contributed by atoms with E-state index in [1.807, 2.05) is 6.92 Å². The highest BCUT2D eigenvalue weighted by atomic mass is 32.2. The molecule has 0 aliphatic carbocycles. The van der Waals surface area contributed by atoms with E-state index in [1.165, 1.54) is 16.4 Å². The summed E-state index contributed by atoms with van der Waals surface area (Å²) in [5.74, 6) is -0.402. The van der Waals surface area contributed by atoms with E-state index in [4.69, 9.17) is 4.74 Å². The molecular weight excluding hydrogens is 431 g/mol. The van der Waals surface area contributed by atoms with Gasteiger partial charge < -0.3 is 10.1 Å². The first kappa shape index (κ1) is 21.8. The Kier molecular flexibility index (Phi) is 6.14. The van der Waals surface area contributed by atoms with Gasteiger partial charge in [-0.15, -0.1) is 0 Å². The molecule has 3 aromatic rings. The Labute approximate surface area is 186 Å². The SMILES string of the molecule is Cc1ccc(S(=O)(=O)N2CC(C(=O)NCCc3ccc(F)cc3)Oc3ccccc32)cc1. The summed E-state index contributed by atoms with van der Waals surface area (Å²) in [6.07, 6.45) is -0.487. The van der Waals surface area contributed by atoms with Crippen molar-refractivity contribution in [3.8, 4) is 5.75 Å². The zero-order valence-corrected chi connectivity index (χ0v) is 18.3. The van der Waals surface area contributed by atoms with Crippen molar-refractivity contribution in [3.05, 3.63) is 89.7 Å². The first-order valence-electron chi connectivity index (χ1n) is 10.2. The molecule has 0 radical (unpaired) electrons. The fourth-order valence-electron chi connectivity index (χ4n) is 3.50. The van der Waals surface area contributed by atoms with Crippen LogP contribution in [-0.2, 0) is 21.2 Å². The summed E-state index contributed by atoms with van der Waals surface area (Å²) in [6, 6.07) is 19.4. The molecule has 1 N–H and O–H groups in total. The van der Waals surface area contributed by atoms with Crippen molar-refractivity contribution < 1.29 is 22.3 Å². The van der Waals surface area contributed by atoms with Crippen LogP contribution < -0.4 is 14.4 Å². The molecular formula is C24H23FN2O4S. The number of carbonyl (C=O) groups is 1. The molecule has 0 aromatic heterocycles. The Morgan fingerprint density at radius 2 is 1.75 bits per heavy atom. The van der Waals surface area contributed by atoms with Gasteiger partial charge in [-0.25, -0.2) is 12.8 Å². The van der Waals surface area contributed by atoms with Gasteiger partial charge in [-0.1, -0.05) is 42.0 Å². The molecule has 1 atom stereocenters. The number of amides is 1. The van der Waals surface area contributed by atoms with Crippen LogP contribution in [0.2, 0.25) is 0 Å². The van der Waals surface area contributed by atoms with E-state index in [-0.39, 0.29) is 17.3 Å². The lowest BCUT2D eigenvalue weighted by Crippen LogP contribution is -2.51. The Balaban J connectivity index is 1.52. The van der Waals surface area contributed by atoms with Gasteiger partial charge in [0.1, 0.15) is 11.6 Å². The molecule has 0 saturated carbocycles. The molecule has 0 spiro atoms. The number of carbonyl (C=O) groups excluding carboxylic acids is 1. The third kappa shape index (κ3) is 4.60. The Hall–Kier alpha value is -3.39. The van der Waals surface area contributed by atoms with E-state index in [2.05, 4.69) is 5.32 Å². The summed E-state index contributed by atoms with van der Waals surface area (Å²) < 4.78 is 46.8. The van der Waals surface area contributed by atoms with Crippen LogP contribution in [0.5, 0.6) is 5.75 Å². The van der Waals surface area contributed by atoms with Crippen LogP contribution in [0.15, 0.2) is 77.7 Å². The number of hydrogen-bond donors (Lipinski definition) is 1. The third-order valence-electron chi connectivity index (χ3n) is 5.26. The molecule has 3 aromatic carbocycles. The standard InChI is InChI=1S/C24H23FN2O4S/c1-17-6-12-20(13-7-17)32(29,30)27-16-23(31-22-5-3-2-4-21(22)27)24(28)26-15-14-18-8-10-19(25)11-9-18/h2-13,23H,14-16H2,1H3,(H,26,28). The lowest BCUT2D eigenvalue weighted by molar-refractivity contribution is -0.127. The highest BCUT2D eigenvalue weighted by molar-refractivity contribution is 7.92. The lowest BCUT2D eigenvalue weighted by Gasteiger charge is -2.34. The second-order valence-corrected chi connectivity index (χ2v) is 9.45. The van der Waals surface area contributed by atoms with E-state index < -0.39 is 22.0 Å². The molecule has 1 aliphatic heterocycles. The van der Waals surface area contributed by atoms with Gasteiger partial charge in [-0.05, 0) is 55.3 Å². The second-order valence-electron chi connectivity index (χ2n) is 7.59. The first-order valence-corrected chi connectivity index (χ1v) is 11.7. The van der Waals surface area contributed by atoms with Gasteiger partial charge in [0.25, 0.3) is 15.9 Å². The second kappa shape index (κ2) is 9.00. The van der Waals surface area contributed by atoms with Gasteiger partial charge >= 0.3 is 0 Å². The van der Waals surface area contributed by atoms with Crippen molar-refractivity contribution >= 4 is 21.6 Å². The Morgan fingerprint density at radius 1 is 1.06 bits per heavy atom. The summed E-state index contributed by atoms with van der Waals surface area (Å²) >= 11 is 0. The molecule has 1 aliphatic rings. The van der Waals surface area contributed by atoms with E-state index in [0.717, 1.165) is 11.1 Å². The van der Waals surface area contributed by atoms with Crippen LogP contribution in [0, 0.1) is 12.7 Å². The molecule has 32 heavy (non-hydrogen) atoms. The fourth-order valence-corrected chi connectivity index (χ4v) is 4.97. The van der Waals surface area contributed by atoms with Gasteiger partial charge in [-0.2, -0.15) is 0 Å². The van der Waals surface area contributed by atoms with Crippen LogP contribution in [-0.4, -0.2) is 33.5 Å². The number of sulfonamides is 1. The molecule has 0 fully saturated rings. The fraction of sp³-hybridized carbons (Fsp3) is 0.208. The quantitative estimate of drug-likeness (QED) is 0.619. The van der Waals surface area contributed by atoms with Crippen molar-refractivity contribution in [2.45, 2.75) is 24.3 Å². The smallest absolute Gasteiger partial charge is 0.264 e. The van der Waals surface area contributed by atoms with Crippen LogP contribution >= 0.6 is 0 Å². The van der Waals surface area contributed by atoms with Crippen LogP contribution in [0.4, 0.5) is 10.1 Å². The molecule has 6 nitrogen and oxygen atoms in total. The van der Waals surface area contributed by atoms with Gasteiger partial charge in [0.15, 0.2) is 6.10 Å². The highest BCUT2D eigenvalue weighted by Gasteiger charge is 2.37. The van der Waals surface area contributed by atoms with Crippen LogP contribution in [0.1, 0.15) is 11.1 Å². The Bertz CT molecular complexity index is 1210. The van der Waals surface area contributed by atoms with Gasteiger partial charge in [0.2, 0.25) is 0 Å². The first-order chi connectivity index (χ1) is 15.3. The van der Waals surface area contributed by atoms with Crippen molar-refractivity contribution in [1.29, 1.82) is 0 Å². The summed E-state index contributed by atoms with van der Waals surface area (Å²) in [7, 11) is -3.89. The monoisotopic (exact) mass is 454 g/mol. The number of ether oxygens (including phenoxy) is 1. The predicted octanol–water partition coefficient (Wildman–Crippen LogP) is 3.45. The maximum absolute atomic E-state index is 13.4. The molecule has 1 amide bonds. The average Bonchev–Trinajstić information content (AvgIpc) is 2.79. The number of anilines is 1. The third-order valence-corrected chi connectivity index (χ3v) is 7.06. The van der Waals surface area contributed by atoms with E-state index >= 15 is 0 Å². The number of nitrogens with one attached hydrogen (secondary N) is 1. The van der Waals surface area contributed by atoms with Gasteiger partial charge in [0.05, 0.1) is 17.1 Å². The minimum absolute atomic E-state index is 0.143. The van der Waals surface area contributed by atoms with Gasteiger partial charge in [0, 0.05) is 6.54 Å². The minimum atomic E-state index is -3.89. The van der Waals surface area contributed by atoms with Crippen LogP contribution in [0.3, 0.4) is 0 Å². The topological polar surface area (TPSA) is 75.7 Å². The van der Waals surface area contributed by atoms with E-state index in [0.29, 0.717) is 24.4 Å². The average molecular weight is 455 g/mol. The van der Waals surface area contributed by atoms with Gasteiger partial charge in [-0.3, -0.25) is 9.10 Å². The number of rotatable bonds is 6. The van der Waals surface area contributed by atoms with Crippen molar-refractivity contribution in [1.82, 2.24) is 5.32 Å². The largest absolute Gasteiger partial charge is 0.476 e. The number of benzene rings is 3. The zero-order valence-electron chi connectivity index (χ0n) is 17.5. The molecule has 0 bridgehead atoms. The van der Waals surface area contributed by atoms with E-state index in [9.17, 15) is 17.6 Å². The summed E-state index contributed by atoms with van der Waals surface area (Å²) in [5.41, 5.74) is 2.22. The summed E-state index contributed by atoms with van der Waals surface area (Å²) in [6.45, 7) is 2.05. The zero-order chi connectivity index (χ0) is 22.7. The number of hydrogen-bond acceptors (Lipinski definition) is 4. The van der Waals surface area contributed by atoms with Crippen LogP contribution in [0.25, 0.3) is 0 Å². The van der Waals surface area contributed by atoms with E-state index in [1.54, 1.807) is 60.7 Å². The molecule has 8 heteroatoms. The maximum Gasteiger partial charge on any atom is 0.264 e. The normalized spacial score (nSPS) is 15.6. The van der Waals surface area contributed by atoms with Crippen molar-refractivity contribution in [3.63, 3.8) is 0 Å². The number of nitrogens with zero attached hydrogens (tertiary/aromatic N) is 1. The summed E-state index contributed by atoms with van der Waals surface area (Å²) in [4.78, 5) is 12.9.